The summed E-state index contributed by atoms with van der Waals surface area (Å²) in [4.78, 5) is 11.2. The molecule has 0 saturated carbocycles. The van der Waals surface area contributed by atoms with E-state index in [1.165, 1.54) is 12.1 Å². The van der Waals surface area contributed by atoms with Gasteiger partial charge in [-0.2, -0.15) is 0 Å². The van der Waals surface area contributed by atoms with Gasteiger partial charge in [0.2, 0.25) is 0 Å². The third-order valence-corrected chi connectivity index (χ3v) is 4.03. The number of hydrogen-bond donors (Lipinski definition) is 2. The van der Waals surface area contributed by atoms with E-state index >= 15 is 0 Å². The van der Waals surface area contributed by atoms with Crippen LogP contribution in [0.4, 0.5) is 21.7 Å². The maximum Gasteiger partial charge on any atom is 0.142 e. The molecular formula is C17H21FN4O. The number of aliphatic hydroxyl groups is 1. The van der Waals surface area contributed by atoms with Crippen LogP contribution in [-0.4, -0.2) is 34.8 Å². The van der Waals surface area contributed by atoms with Gasteiger partial charge in [-0.3, -0.25) is 0 Å². The number of aryl methyl sites for hydroxylation is 1. The van der Waals surface area contributed by atoms with Crippen molar-refractivity contribution in [1.29, 1.82) is 0 Å². The summed E-state index contributed by atoms with van der Waals surface area (Å²) in [6.45, 7) is 7.34. The molecule has 0 aliphatic carbocycles. The molecule has 2 heterocycles. The number of halogens is 1. The first kappa shape index (κ1) is 15.7. The minimum absolute atomic E-state index is 0.0416. The molecule has 0 fully saturated rings. The Kier molecular flexibility index (Phi) is 3.93. The Balaban J connectivity index is 2.10. The Morgan fingerprint density at radius 1 is 1.26 bits per heavy atom. The second-order valence-corrected chi connectivity index (χ2v) is 6.41. The number of aromatic nitrogens is 2. The predicted octanol–water partition coefficient (Wildman–Crippen LogP) is 2.76. The first-order chi connectivity index (χ1) is 10.9. The summed E-state index contributed by atoms with van der Waals surface area (Å²) in [7, 11) is 0. The normalized spacial score (nSPS) is 15.6. The molecule has 1 aliphatic heterocycles. The number of rotatable bonds is 4. The van der Waals surface area contributed by atoms with Crippen molar-refractivity contribution in [2.75, 3.05) is 29.9 Å². The second kappa shape index (κ2) is 5.77. The van der Waals surface area contributed by atoms with Gasteiger partial charge in [-0.25, -0.2) is 14.4 Å². The van der Waals surface area contributed by atoms with Crippen LogP contribution in [0.15, 0.2) is 24.3 Å². The molecule has 122 valence electrons. The fraction of sp³-hybridized carbons (Fsp3) is 0.412. The number of nitrogens with zero attached hydrogens (tertiary/aromatic N) is 3. The lowest BCUT2D eigenvalue weighted by atomic mass is 9.88. The van der Waals surface area contributed by atoms with Crippen molar-refractivity contribution in [2.45, 2.75) is 26.2 Å². The molecule has 0 bridgehead atoms. The van der Waals surface area contributed by atoms with E-state index in [2.05, 4.69) is 34.0 Å². The maximum atomic E-state index is 13.2. The fourth-order valence-electron chi connectivity index (χ4n) is 3.06. The lowest BCUT2D eigenvalue weighted by Gasteiger charge is -2.22. The van der Waals surface area contributed by atoms with E-state index in [1.54, 1.807) is 12.1 Å². The van der Waals surface area contributed by atoms with E-state index in [0.717, 1.165) is 29.4 Å². The number of anilines is 3. The summed E-state index contributed by atoms with van der Waals surface area (Å²) in [6.07, 6.45) is 0. The second-order valence-electron chi connectivity index (χ2n) is 6.41. The number of hydrogen-bond acceptors (Lipinski definition) is 5. The van der Waals surface area contributed by atoms with Crippen molar-refractivity contribution in [3.05, 3.63) is 41.5 Å². The van der Waals surface area contributed by atoms with Gasteiger partial charge in [0.05, 0.1) is 6.61 Å². The van der Waals surface area contributed by atoms with E-state index in [-0.39, 0.29) is 17.8 Å². The number of nitrogens with one attached hydrogen (secondary N) is 1. The van der Waals surface area contributed by atoms with E-state index in [4.69, 9.17) is 5.11 Å². The zero-order valence-electron chi connectivity index (χ0n) is 13.6. The van der Waals surface area contributed by atoms with Gasteiger partial charge in [0.25, 0.3) is 0 Å². The lowest BCUT2D eigenvalue weighted by molar-refractivity contribution is 0.311. The summed E-state index contributed by atoms with van der Waals surface area (Å²) in [6, 6.07) is 6.44. The molecule has 2 N–H and O–H groups in total. The SMILES string of the molecule is Cc1nc(NCCO)c2c(n1)N(c1ccc(F)cc1)CC2(C)C. The molecule has 1 aliphatic rings. The van der Waals surface area contributed by atoms with E-state index < -0.39 is 0 Å². The molecule has 5 nitrogen and oxygen atoms in total. The summed E-state index contributed by atoms with van der Waals surface area (Å²) < 4.78 is 13.2. The Labute approximate surface area is 135 Å². The largest absolute Gasteiger partial charge is 0.395 e. The third-order valence-electron chi connectivity index (χ3n) is 4.03. The summed E-state index contributed by atoms with van der Waals surface area (Å²) in [5.41, 5.74) is 1.78. The zero-order valence-corrected chi connectivity index (χ0v) is 13.6. The molecule has 0 radical (unpaired) electrons. The topological polar surface area (TPSA) is 61.3 Å². The minimum atomic E-state index is -0.253. The van der Waals surface area contributed by atoms with Crippen LogP contribution in [0.5, 0.6) is 0 Å². The van der Waals surface area contributed by atoms with Gasteiger partial charge in [-0.05, 0) is 31.2 Å². The molecule has 0 amide bonds. The fourth-order valence-corrected chi connectivity index (χ4v) is 3.06. The molecule has 2 aromatic rings. The van der Waals surface area contributed by atoms with Gasteiger partial charge in [0.15, 0.2) is 0 Å². The molecule has 0 atom stereocenters. The van der Waals surface area contributed by atoms with E-state index in [0.29, 0.717) is 12.4 Å². The smallest absolute Gasteiger partial charge is 0.142 e. The first-order valence-electron chi connectivity index (χ1n) is 7.69. The molecule has 0 unspecified atom stereocenters. The molecule has 0 spiro atoms. The highest BCUT2D eigenvalue weighted by Gasteiger charge is 2.40. The van der Waals surface area contributed by atoms with Crippen LogP contribution in [0.25, 0.3) is 0 Å². The lowest BCUT2D eigenvalue weighted by Crippen LogP contribution is -2.25. The first-order valence-corrected chi connectivity index (χ1v) is 7.69. The highest BCUT2D eigenvalue weighted by molar-refractivity contribution is 5.74. The van der Waals surface area contributed by atoms with Gasteiger partial charge in [0, 0.05) is 29.8 Å². The average molecular weight is 316 g/mol. The van der Waals surface area contributed by atoms with Crippen LogP contribution in [0.2, 0.25) is 0 Å². The average Bonchev–Trinajstić information content (AvgIpc) is 2.77. The number of benzene rings is 1. The maximum absolute atomic E-state index is 13.2. The van der Waals surface area contributed by atoms with Crippen molar-refractivity contribution in [2.24, 2.45) is 0 Å². The Morgan fingerprint density at radius 3 is 2.61 bits per heavy atom. The van der Waals surface area contributed by atoms with E-state index in [1.807, 2.05) is 6.92 Å². The van der Waals surface area contributed by atoms with Crippen molar-refractivity contribution in [3.63, 3.8) is 0 Å². The Hall–Kier alpha value is -2.21. The zero-order chi connectivity index (χ0) is 16.6. The summed E-state index contributed by atoms with van der Waals surface area (Å²) in [5.74, 6) is 2.01. The van der Waals surface area contributed by atoms with Crippen LogP contribution in [0.1, 0.15) is 25.2 Å². The highest BCUT2D eigenvalue weighted by Crippen LogP contribution is 2.45. The van der Waals surface area contributed by atoms with Crippen molar-refractivity contribution < 1.29 is 9.50 Å². The molecular weight excluding hydrogens is 295 g/mol. The minimum Gasteiger partial charge on any atom is -0.395 e. The van der Waals surface area contributed by atoms with Crippen molar-refractivity contribution in [3.8, 4) is 0 Å². The van der Waals surface area contributed by atoms with Crippen molar-refractivity contribution in [1.82, 2.24) is 9.97 Å². The summed E-state index contributed by atoms with van der Waals surface area (Å²) >= 11 is 0. The van der Waals surface area contributed by atoms with Gasteiger partial charge in [-0.1, -0.05) is 13.8 Å². The molecule has 6 heteroatoms. The van der Waals surface area contributed by atoms with Crippen LogP contribution < -0.4 is 10.2 Å². The van der Waals surface area contributed by atoms with Crippen LogP contribution in [-0.2, 0) is 5.41 Å². The van der Waals surface area contributed by atoms with Crippen LogP contribution >= 0.6 is 0 Å². The molecule has 3 rings (SSSR count). The Bertz CT molecular complexity index is 715. The van der Waals surface area contributed by atoms with Gasteiger partial charge in [0.1, 0.15) is 23.3 Å². The molecule has 0 saturated heterocycles. The third kappa shape index (κ3) is 2.86. The van der Waals surface area contributed by atoms with Gasteiger partial charge in [-0.15, -0.1) is 0 Å². The predicted molar refractivity (Wildman–Crippen MR) is 88.8 cm³/mol. The standard InChI is InChI=1S/C17H21FN4O/c1-11-20-15(19-8-9-23)14-16(21-11)22(10-17(14,2)3)13-6-4-12(18)5-7-13/h4-7,23H,8-10H2,1-3H3,(H,19,20,21). The molecule has 1 aromatic heterocycles. The van der Waals surface area contributed by atoms with Crippen LogP contribution in [0, 0.1) is 12.7 Å². The van der Waals surface area contributed by atoms with E-state index in [9.17, 15) is 4.39 Å². The van der Waals surface area contributed by atoms with Gasteiger partial charge >= 0.3 is 0 Å². The quantitative estimate of drug-likeness (QED) is 0.908. The Morgan fingerprint density at radius 2 is 1.96 bits per heavy atom. The molecule has 1 aromatic carbocycles. The highest BCUT2D eigenvalue weighted by atomic mass is 19.1. The monoisotopic (exact) mass is 316 g/mol. The van der Waals surface area contributed by atoms with Crippen LogP contribution in [0.3, 0.4) is 0 Å². The molecule has 23 heavy (non-hydrogen) atoms. The number of fused-ring (bicyclic) bond motifs is 1. The van der Waals surface area contributed by atoms with Gasteiger partial charge < -0.3 is 15.3 Å². The summed E-state index contributed by atoms with van der Waals surface area (Å²) in [5, 5.41) is 12.3. The number of aliphatic hydroxyl groups excluding tert-OH is 1. The van der Waals surface area contributed by atoms with Crippen molar-refractivity contribution >= 4 is 17.3 Å².